The summed E-state index contributed by atoms with van der Waals surface area (Å²) in [5.74, 6) is 2.73. The highest BCUT2D eigenvalue weighted by molar-refractivity contribution is 7.97. The van der Waals surface area contributed by atoms with Crippen LogP contribution in [0.5, 0.6) is 0 Å². The minimum absolute atomic E-state index is 0.180. The Bertz CT molecular complexity index is 986. The molecule has 0 unspecified atom stereocenters. The molecule has 0 amide bonds. The molecule has 1 saturated heterocycles. The Balaban J connectivity index is 1.58. The molecule has 4 atom stereocenters. The van der Waals surface area contributed by atoms with Crippen LogP contribution < -0.4 is 5.32 Å². The highest BCUT2D eigenvalue weighted by atomic mass is 32.2. The number of benzene rings is 1. The van der Waals surface area contributed by atoms with Gasteiger partial charge in [0.05, 0.1) is 18.7 Å². The van der Waals surface area contributed by atoms with Crippen LogP contribution in [0.2, 0.25) is 0 Å². The van der Waals surface area contributed by atoms with Crippen molar-refractivity contribution in [2.45, 2.75) is 36.0 Å². The van der Waals surface area contributed by atoms with Crippen LogP contribution in [0.3, 0.4) is 0 Å². The molecule has 2 aromatic heterocycles. The fourth-order valence-corrected chi connectivity index (χ4v) is 4.32. The fraction of sp³-hybridized carbons (Fsp3) is 0.450. The summed E-state index contributed by atoms with van der Waals surface area (Å²) >= 11 is 1.72. The number of anilines is 1. The molecule has 0 saturated carbocycles. The molecule has 30 heavy (non-hydrogen) atoms. The van der Waals surface area contributed by atoms with Crippen molar-refractivity contribution >= 4 is 28.7 Å². The minimum atomic E-state index is -1.12. The molecule has 0 radical (unpaired) electrons. The van der Waals surface area contributed by atoms with E-state index in [1.165, 1.54) is 12.7 Å². The predicted octanol–water partition coefficient (Wildman–Crippen LogP) is 1.57. The number of rotatable bonds is 8. The summed E-state index contributed by atoms with van der Waals surface area (Å²) in [6.45, 7) is 0.180. The van der Waals surface area contributed by atoms with Crippen LogP contribution in [0.4, 0.5) is 5.82 Å². The number of aliphatic hydroxyl groups excluding tert-OH is 2. The van der Waals surface area contributed by atoms with Crippen LogP contribution in [0.15, 0.2) is 36.7 Å². The van der Waals surface area contributed by atoms with Crippen molar-refractivity contribution in [3.05, 3.63) is 48.0 Å². The maximum Gasteiger partial charge on any atom is 0.168 e. The van der Waals surface area contributed by atoms with Crippen LogP contribution in [-0.2, 0) is 21.0 Å². The zero-order valence-corrected chi connectivity index (χ0v) is 17.6. The number of ether oxygens (including phenoxy) is 2. The standard InChI is InChI=1S/C20H25N5O4S/c1-21-18-15-19(24-14(23-18)10-30-9-12-6-4-3-5-7-12)25(11-22-15)20-17(27)16(26)13(29-20)8-28-2/h3-7,11,13,16-17,20,26-27H,8-10H2,1-2H3,(H,21,23,24)/t13-,16-,17-,20-/m1/s1. The topological polar surface area (TPSA) is 115 Å². The number of imidazole rings is 1. The van der Waals surface area contributed by atoms with Gasteiger partial charge in [0.1, 0.15) is 24.1 Å². The molecule has 3 heterocycles. The van der Waals surface area contributed by atoms with Crippen molar-refractivity contribution in [3.63, 3.8) is 0 Å². The number of aliphatic hydroxyl groups is 2. The lowest BCUT2D eigenvalue weighted by Gasteiger charge is -2.17. The first-order chi connectivity index (χ1) is 14.6. The monoisotopic (exact) mass is 431 g/mol. The molecule has 1 fully saturated rings. The smallest absolute Gasteiger partial charge is 0.168 e. The molecule has 1 aliphatic rings. The third-order valence-corrected chi connectivity index (χ3v) is 5.99. The van der Waals surface area contributed by atoms with Crippen LogP contribution in [0.25, 0.3) is 11.2 Å². The van der Waals surface area contributed by atoms with Crippen molar-refractivity contribution in [2.75, 3.05) is 26.1 Å². The Labute approximate surface area is 178 Å². The summed E-state index contributed by atoms with van der Waals surface area (Å²) in [6, 6.07) is 10.2. The average molecular weight is 432 g/mol. The number of nitrogens with one attached hydrogen (secondary N) is 1. The van der Waals surface area contributed by atoms with Crippen molar-refractivity contribution in [1.82, 2.24) is 19.5 Å². The molecule has 0 aliphatic carbocycles. The quantitative estimate of drug-likeness (QED) is 0.489. The molecule has 3 N–H and O–H groups in total. The zero-order chi connectivity index (χ0) is 21.1. The van der Waals surface area contributed by atoms with E-state index in [0.29, 0.717) is 28.6 Å². The van der Waals surface area contributed by atoms with Gasteiger partial charge in [-0.1, -0.05) is 30.3 Å². The Morgan fingerprint density at radius 2 is 1.97 bits per heavy atom. The maximum absolute atomic E-state index is 10.5. The number of methoxy groups -OCH3 is 1. The van der Waals surface area contributed by atoms with Gasteiger partial charge in [0.25, 0.3) is 0 Å². The SMILES string of the molecule is CNc1nc(CSCc2ccccc2)nc2c1ncn2[C@@H]1O[C@H](COC)[C@@H](O)[C@H]1O. The number of aromatic nitrogens is 4. The van der Waals surface area contributed by atoms with Crippen molar-refractivity contribution in [3.8, 4) is 0 Å². The summed E-state index contributed by atoms with van der Waals surface area (Å²) in [5, 5.41) is 23.8. The Morgan fingerprint density at radius 1 is 1.17 bits per heavy atom. The van der Waals surface area contributed by atoms with Crippen LogP contribution >= 0.6 is 11.8 Å². The van der Waals surface area contributed by atoms with Crippen molar-refractivity contribution < 1.29 is 19.7 Å². The van der Waals surface area contributed by atoms with Gasteiger partial charge in [-0.25, -0.2) is 15.0 Å². The fourth-order valence-electron chi connectivity index (χ4n) is 3.48. The number of hydrogen-bond acceptors (Lipinski definition) is 9. The number of hydrogen-bond donors (Lipinski definition) is 3. The van der Waals surface area contributed by atoms with Crippen LogP contribution in [-0.4, -0.2) is 68.8 Å². The number of fused-ring (bicyclic) bond motifs is 1. The highest BCUT2D eigenvalue weighted by Gasteiger charge is 2.44. The van der Waals surface area contributed by atoms with Crippen molar-refractivity contribution in [1.29, 1.82) is 0 Å². The van der Waals surface area contributed by atoms with E-state index in [4.69, 9.17) is 9.47 Å². The lowest BCUT2D eigenvalue weighted by Crippen LogP contribution is -2.33. The van der Waals surface area contributed by atoms with E-state index in [9.17, 15) is 10.2 Å². The molecular weight excluding hydrogens is 406 g/mol. The summed E-state index contributed by atoms with van der Waals surface area (Å²) < 4.78 is 12.6. The molecule has 3 aromatic rings. The van der Waals surface area contributed by atoms with E-state index >= 15 is 0 Å². The van der Waals surface area contributed by atoms with Gasteiger partial charge in [0, 0.05) is 19.9 Å². The first-order valence-electron chi connectivity index (χ1n) is 9.65. The van der Waals surface area contributed by atoms with Crippen molar-refractivity contribution in [2.24, 2.45) is 0 Å². The summed E-state index contributed by atoms with van der Waals surface area (Å²) in [4.78, 5) is 13.7. The highest BCUT2D eigenvalue weighted by Crippen LogP contribution is 2.33. The van der Waals surface area contributed by atoms with Gasteiger partial charge in [-0.3, -0.25) is 4.57 Å². The Kier molecular flexibility index (Phi) is 6.49. The van der Waals surface area contributed by atoms with Crippen LogP contribution in [0, 0.1) is 0 Å². The zero-order valence-electron chi connectivity index (χ0n) is 16.8. The molecule has 0 spiro atoms. The van der Waals surface area contributed by atoms with E-state index in [0.717, 1.165) is 5.75 Å². The Hall–Kier alpha value is -2.24. The molecule has 4 rings (SSSR count). The van der Waals surface area contributed by atoms with E-state index in [2.05, 4.69) is 32.4 Å². The lowest BCUT2D eigenvalue weighted by atomic mass is 10.1. The van der Waals surface area contributed by atoms with Crippen LogP contribution in [0.1, 0.15) is 17.6 Å². The van der Waals surface area contributed by atoms with Gasteiger partial charge in [0.2, 0.25) is 0 Å². The summed E-state index contributed by atoms with van der Waals surface area (Å²) in [7, 11) is 3.30. The van der Waals surface area contributed by atoms with Gasteiger partial charge >= 0.3 is 0 Å². The molecule has 0 bridgehead atoms. The first kappa shape index (κ1) is 21.0. The Morgan fingerprint density at radius 3 is 2.70 bits per heavy atom. The molecule has 9 nitrogen and oxygen atoms in total. The lowest BCUT2D eigenvalue weighted by molar-refractivity contribution is -0.0580. The van der Waals surface area contributed by atoms with Gasteiger partial charge < -0.3 is 25.0 Å². The minimum Gasteiger partial charge on any atom is -0.387 e. The third-order valence-electron chi connectivity index (χ3n) is 4.99. The second-order valence-electron chi connectivity index (χ2n) is 7.04. The van der Waals surface area contributed by atoms with Gasteiger partial charge in [-0.2, -0.15) is 0 Å². The van der Waals surface area contributed by atoms with E-state index in [1.54, 1.807) is 29.7 Å². The van der Waals surface area contributed by atoms with E-state index in [-0.39, 0.29) is 6.61 Å². The second kappa shape index (κ2) is 9.27. The third kappa shape index (κ3) is 4.14. The molecule has 1 aliphatic heterocycles. The molecular formula is C20H25N5O4S. The number of thioether (sulfide) groups is 1. The molecule has 1 aromatic carbocycles. The first-order valence-corrected chi connectivity index (χ1v) is 10.8. The predicted molar refractivity (Wildman–Crippen MR) is 114 cm³/mol. The van der Waals surface area contributed by atoms with E-state index < -0.39 is 24.5 Å². The largest absolute Gasteiger partial charge is 0.387 e. The van der Waals surface area contributed by atoms with E-state index in [1.807, 2.05) is 18.2 Å². The number of nitrogens with zero attached hydrogens (tertiary/aromatic N) is 4. The normalized spacial score (nSPS) is 23.9. The average Bonchev–Trinajstić information content (AvgIpc) is 3.30. The summed E-state index contributed by atoms with van der Waals surface area (Å²) in [6.07, 6.45) is -2.06. The van der Waals surface area contributed by atoms with Gasteiger partial charge in [-0.15, -0.1) is 11.8 Å². The maximum atomic E-state index is 10.5. The summed E-state index contributed by atoms with van der Waals surface area (Å²) in [5.41, 5.74) is 2.36. The second-order valence-corrected chi connectivity index (χ2v) is 8.03. The molecule has 10 heteroatoms. The van der Waals surface area contributed by atoms with Gasteiger partial charge in [-0.05, 0) is 5.56 Å². The van der Waals surface area contributed by atoms with Gasteiger partial charge in [0.15, 0.2) is 23.2 Å². The molecule has 160 valence electrons.